The first-order valence-electron chi connectivity index (χ1n) is 11.5. The molecule has 5 aliphatic rings. The number of hydrogen-bond donors (Lipinski definition) is 1. The average molecular weight is 406 g/mol. The molecule has 0 aromatic carbocycles. The van der Waals surface area contributed by atoms with Crippen LogP contribution < -0.4 is 0 Å². The van der Waals surface area contributed by atoms with E-state index in [9.17, 15) is 9.90 Å². The van der Waals surface area contributed by atoms with Crippen LogP contribution in [0.15, 0.2) is 11.6 Å². The molecule has 1 N–H and O–H groups in total. The number of halogens is 1. The lowest BCUT2D eigenvalue weighted by Gasteiger charge is -2.56. The second kappa shape index (κ2) is 6.56. The maximum atomic E-state index is 13.8. The van der Waals surface area contributed by atoms with Crippen molar-refractivity contribution in [1.29, 1.82) is 0 Å². The number of nitrogens with zero attached hydrogens (tertiary/aromatic N) is 1. The second-order valence-electron chi connectivity index (χ2n) is 11.1. The zero-order chi connectivity index (χ0) is 19.7. The van der Waals surface area contributed by atoms with E-state index in [1.165, 1.54) is 12.0 Å². The Balaban J connectivity index is 1.45. The van der Waals surface area contributed by atoms with Crippen molar-refractivity contribution in [2.45, 2.75) is 71.3 Å². The zero-order valence-corrected chi connectivity index (χ0v) is 18.3. The minimum absolute atomic E-state index is 0.103. The highest BCUT2D eigenvalue weighted by Crippen LogP contribution is 2.67. The topological polar surface area (TPSA) is 40.5 Å². The molecular weight excluding hydrogens is 370 g/mol. The maximum Gasteiger partial charge on any atom is 0.146 e. The number of fused-ring (bicyclic) bond motifs is 5. The summed E-state index contributed by atoms with van der Waals surface area (Å²) in [5.74, 6) is 3.12. The van der Waals surface area contributed by atoms with E-state index in [1.54, 1.807) is 0 Å². The molecule has 3 saturated carbocycles. The van der Waals surface area contributed by atoms with Crippen molar-refractivity contribution in [1.82, 2.24) is 4.90 Å². The number of alkyl halides is 1. The van der Waals surface area contributed by atoms with Crippen molar-refractivity contribution < 1.29 is 9.90 Å². The van der Waals surface area contributed by atoms with Crippen LogP contribution in [0, 0.1) is 34.0 Å². The summed E-state index contributed by atoms with van der Waals surface area (Å²) >= 11 is 5.99. The minimum atomic E-state index is -0.146. The lowest BCUT2D eigenvalue weighted by atomic mass is 9.48. The van der Waals surface area contributed by atoms with Gasteiger partial charge in [-0.25, -0.2) is 0 Å². The van der Waals surface area contributed by atoms with Gasteiger partial charge in [0.1, 0.15) is 5.78 Å². The number of carbonyl (C=O) groups excluding carboxylic acids is 1. The summed E-state index contributed by atoms with van der Waals surface area (Å²) in [6.45, 7) is 7.66. The molecule has 0 bridgehead atoms. The van der Waals surface area contributed by atoms with Crippen molar-refractivity contribution in [3.05, 3.63) is 11.6 Å². The van der Waals surface area contributed by atoms with Gasteiger partial charge in [0.25, 0.3) is 0 Å². The van der Waals surface area contributed by atoms with Gasteiger partial charge in [-0.2, -0.15) is 0 Å². The highest BCUT2D eigenvalue weighted by atomic mass is 35.5. The predicted octanol–water partition coefficient (Wildman–Crippen LogP) is 4.42. The van der Waals surface area contributed by atoms with Crippen molar-refractivity contribution in [2.24, 2.45) is 34.0 Å². The Morgan fingerprint density at radius 2 is 1.96 bits per heavy atom. The maximum absolute atomic E-state index is 13.8. The number of allylic oxidation sites excluding steroid dienone is 1. The number of carbonyl (C=O) groups is 1. The van der Waals surface area contributed by atoms with Crippen LogP contribution in [0.4, 0.5) is 0 Å². The molecule has 4 heteroatoms. The van der Waals surface area contributed by atoms with Crippen molar-refractivity contribution in [2.75, 3.05) is 25.5 Å². The molecular formula is C24H36ClNO2. The molecule has 1 saturated heterocycles. The second-order valence-corrected chi connectivity index (χ2v) is 11.5. The summed E-state index contributed by atoms with van der Waals surface area (Å²) in [5, 5.41) is 10.2. The fraction of sp³-hybridized carbons (Fsp3) is 0.875. The average Bonchev–Trinajstić information content (AvgIpc) is 3.17. The number of ketones is 1. The van der Waals surface area contributed by atoms with Gasteiger partial charge in [-0.1, -0.05) is 25.5 Å². The van der Waals surface area contributed by atoms with E-state index >= 15 is 0 Å². The van der Waals surface area contributed by atoms with Crippen LogP contribution in [0.1, 0.15) is 65.2 Å². The lowest BCUT2D eigenvalue weighted by Crippen LogP contribution is -2.50. The van der Waals surface area contributed by atoms with Gasteiger partial charge in [0, 0.05) is 29.8 Å². The highest BCUT2D eigenvalue weighted by Gasteiger charge is 2.66. The largest absolute Gasteiger partial charge is 0.393 e. The van der Waals surface area contributed by atoms with E-state index in [-0.39, 0.29) is 22.3 Å². The lowest BCUT2D eigenvalue weighted by molar-refractivity contribution is -0.137. The van der Waals surface area contributed by atoms with Crippen LogP contribution in [-0.4, -0.2) is 47.4 Å². The number of aliphatic hydroxyl groups excluding tert-OH is 1. The normalized spacial score (nSPS) is 51.0. The molecule has 0 unspecified atom stereocenters. The minimum Gasteiger partial charge on any atom is -0.393 e. The third kappa shape index (κ3) is 2.58. The molecule has 1 aliphatic heterocycles. The quantitative estimate of drug-likeness (QED) is 0.546. The van der Waals surface area contributed by atoms with Gasteiger partial charge in [-0.3, -0.25) is 4.79 Å². The van der Waals surface area contributed by atoms with Gasteiger partial charge in [-0.15, -0.1) is 11.6 Å². The van der Waals surface area contributed by atoms with Gasteiger partial charge in [0.05, 0.1) is 6.10 Å². The Hall–Kier alpha value is -0.380. The molecule has 4 aliphatic carbocycles. The number of hydrogen-bond acceptors (Lipinski definition) is 3. The summed E-state index contributed by atoms with van der Waals surface area (Å²) in [7, 11) is 0. The first-order valence-corrected chi connectivity index (χ1v) is 12.1. The fourth-order valence-electron chi connectivity index (χ4n) is 8.36. The van der Waals surface area contributed by atoms with Crippen molar-refractivity contribution in [3.63, 3.8) is 0 Å². The molecule has 1 spiro atoms. The van der Waals surface area contributed by atoms with Crippen LogP contribution in [0.3, 0.4) is 0 Å². The summed E-state index contributed by atoms with van der Waals surface area (Å²) < 4.78 is 0. The molecule has 1 heterocycles. The molecule has 28 heavy (non-hydrogen) atoms. The Morgan fingerprint density at radius 3 is 2.75 bits per heavy atom. The summed E-state index contributed by atoms with van der Waals surface area (Å²) in [5.41, 5.74) is 1.55. The van der Waals surface area contributed by atoms with Crippen molar-refractivity contribution in [3.8, 4) is 0 Å². The van der Waals surface area contributed by atoms with E-state index in [0.29, 0.717) is 29.4 Å². The summed E-state index contributed by atoms with van der Waals surface area (Å²) in [6.07, 6.45) is 10.8. The molecule has 0 aromatic rings. The summed E-state index contributed by atoms with van der Waals surface area (Å²) in [6, 6.07) is 0. The van der Waals surface area contributed by atoms with Crippen molar-refractivity contribution >= 4 is 17.4 Å². The molecule has 4 fully saturated rings. The van der Waals surface area contributed by atoms with Crippen LogP contribution in [0.25, 0.3) is 0 Å². The third-order valence-electron chi connectivity index (χ3n) is 9.91. The van der Waals surface area contributed by atoms with E-state index in [0.717, 1.165) is 64.6 Å². The highest BCUT2D eigenvalue weighted by molar-refractivity contribution is 6.18. The van der Waals surface area contributed by atoms with Gasteiger partial charge < -0.3 is 10.0 Å². The van der Waals surface area contributed by atoms with E-state index in [4.69, 9.17) is 11.6 Å². The first-order chi connectivity index (χ1) is 13.3. The number of Topliss-reactive ketones (excluding diaryl/α,β-unsaturated/α-hetero) is 1. The molecule has 0 amide bonds. The molecule has 0 aromatic heterocycles. The predicted molar refractivity (Wildman–Crippen MR) is 112 cm³/mol. The molecule has 3 nitrogen and oxygen atoms in total. The third-order valence-corrected chi connectivity index (χ3v) is 10.1. The smallest absolute Gasteiger partial charge is 0.146 e. The van der Waals surface area contributed by atoms with Crippen LogP contribution in [0.5, 0.6) is 0 Å². The first kappa shape index (κ1) is 19.6. The molecule has 0 radical (unpaired) electrons. The Kier molecular flexibility index (Phi) is 4.58. The molecule has 5 rings (SSSR count). The summed E-state index contributed by atoms with van der Waals surface area (Å²) in [4.78, 5) is 16.2. The van der Waals surface area contributed by atoms with Gasteiger partial charge >= 0.3 is 0 Å². The number of rotatable bonds is 2. The molecule has 7 atom stereocenters. The Bertz CT molecular complexity index is 707. The zero-order valence-electron chi connectivity index (χ0n) is 17.6. The van der Waals surface area contributed by atoms with Crippen LogP contribution in [-0.2, 0) is 4.79 Å². The van der Waals surface area contributed by atoms with Gasteiger partial charge in [0.2, 0.25) is 0 Å². The molecule has 156 valence electrons. The Morgan fingerprint density at radius 1 is 1.18 bits per heavy atom. The van der Waals surface area contributed by atoms with E-state index in [2.05, 4.69) is 24.8 Å². The standard InChI is InChI=1S/C24H36ClNO2/c1-22-7-5-17(27)13-16(22)3-4-18-19(22)6-8-23(2)20(18)14-24(21(23)28)9-11-26(15-24)12-10-25/h3,17-20,27H,4-15H2,1-2H3/t17-,18-,19+,20+,22+,23+,24-/m1/s1. The van der Waals surface area contributed by atoms with Gasteiger partial charge in [-0.05, 0) is 81.1 Å². The monoisotopic (exact) mass is 405 g/mol. The van der Waals surface area contributed by atoms with Crippen LogP contribution in [0.2, 0.25) is 0 Å². The Labute approximate surface area is 174 Å². The fourth-order valence-corrected chi connectivity index (χ4v) is 8.60. The van der Waals surface area contributed by atoms with Crippen LogP contribution >= 0.6 is 11.6 Å². The number of likely N-dealkylation sites (tertiary alicyclic amines) is 1. The van der Waals surface area contributed by atoms with Gasteiger partial charge in [0.15, 0.2) is 0 Å². The van der Waals surface area contributed by atoms with E-state index in [1.807, 2.05) is 0 Å². The number of aliphatic hydroxyl groups is 1. The van der Waals surface area contributed by atoms with E-state index < -0.39 is 0 Å². The SMILES string of the molecule is C[C@]12CC[C@@H](O)CC1=CC[C@@H]1[C@@H]2CC[C@]2(C)C(=O)[C@]3(CCN(CCCl)C3)C[C@@H]12.